The molecule has 0 fully saturated rings. The van der Waals surface area contributed by atoms with Crippen LogP contribution in [0.4, 0.5) is 0 Å². The Hall–Kier alpha value is -7.27. The first kappa shape index (κ1) is 33.8. The number of hydrogen-bond acceptors (Lipinski definition) is 0. The first-order valence-electron chi connectivity index (χ1n) is 20.3. The lowest BCUT2D eigenvalue weighted by Gasteiger charge is -2.42. The highest BCUT2D eigenvalue weighted by molar-refractivity contribution is 8.33. The minimum Gasteiger partial charge on any atom is -0.331 e. The van der Waals surface area contributed by atoms with Crippen LogP contribution in [0.25, 0.3) is 76.8 Å². The van der Waals surface area contributed by atoms with Gasteiger partial charge < -0.3 is 13.7 Å². The molecule has 0 aliphatic heterocycles. The molecule has 0 saturated carbocycles. The van der Waals surface area contributed by atoms with Crippen LogP contribution in [0.1, 0.15) is 0 Å². The Morgan fingerprint density at radius 2 is 0.576 bits per heavy atom. The summed E-state index contributed by atoms with van der Waals surface area (Å²) in [5.41, 5.74) is 9.64. The molecule has 3 nitrogen and oxygen atoms in total. The van der Waals surface area contributed by atoms with Gasteiger partial charge in [-0.1, -0.05) is 127 Å². The maximum atomic E-state index is 2.60. The molecule has 0 atom stereocenters. The van der Waals surface area contributed by atoms with Crippen molar-refractivity contribution >= 4 is 75.4 Å². The van der Waals surface area contributed by atoms with Gasteiger partial charge in [0.15, 0.2) is 0 Å². The van der Waals surface area contributed by atoms with E-state index in [0.29, 0.717) is 0 Å². The van der Waals surface area contributed by atoms with Crippen molar-refractivity contribution < 1.29 is 0 Å². The van der Waals surface area contributed by atoms with Crippen molar-refractivity contribution in [1.82, 2.24) is 13.7 Å². The number of hydrogen-bond donors (Lipinski definition) is 0. The fourth-order valence-electron chi connectivity index (χ4n) is 9.68. The fraction of sp³-hybridized carbons (Fsp3) is 0.0182. The maximum Gasteiger partial charge on any atom is 0.0650 e. The van der Waals surface area contributed by atoms with Gasteiger partial charge >= 0.3 is 0 Å². The first-order valence-corrected chi connectivity index (χ1v) is 22.1. The summed E-state index contributed by atoms with van der Waals surface area (Å²) in [5, 5.41) is 7.55. The molecule has 3 aromatic heterocycles. The molecular formula is C55H39N3S. The van der Waals surface area contributed by atoms with Crippen LogP contribution in [0.15, 0.2) is 239 Å². The van der Waals surface area contributed by atoms with Gasteiger partial charge in [-0.3, -0.25) is 0 Å². The normalized spacial score (nSPS) is 12.4. The average molecular weight is 774 g/mol. The molecule has 0 aliphatic carbocycles. The van der Waals surface area contributed by atoms with Crippen LogP contribution < -0.4 is 0 Å². The molecule has 0 unspecified atom stereocenters. The van der Waals surface area contributed by atoms with Crippen LogP contribution in [-0.4, -0.2) is 13.7 Å². The second-order valence-electron chi connectivity index (χ2n) is 15.4. The van der Waals surface area contributed by atoms with Gasteiger partial charge in [0.2, 0.25) is 0 Å². The van der Waals surface area contributed by atoms with E-state index in [2.05, 4.69) is 238 Å². The molecule has 12 aromatic rings. The molecule has 0 aliphatic rings. The number of aromatic nitrogens is 3. The lowest BCUT2D eigenvalue weighted by Crippen LogP contribution is -2.12. The van der Waals surface area contributed by atoms with Crippen LogP contribution >= 0.6 is 10.0 Å². The lowest BCUT2D eigenvalue weighted by atomic mass is 10.1. The highest BCUT2D eigenvalue weighted by atomic mass is 32.3. The number of nitrogens with zero attached hydrogens (tertiary/aromatic N) is 3. The standard InChI is InChI=1S/C55H39N3S/c1-4-18-41(19-5-1)59(42-20-6-2-7-21-42,43-22-8-3-9-23-43)38-56-50-28-14-10-26-46(50)48-36-39(32-34-51(48)56)58-54-31-17-13-27-47(54)49-37-40(33-35-55(49)58)57-52-29-15-11-24-44(52)45-25-12-16-30-53(45)57/h1-37H,38H2. The smallest absolute Gasteiger partial charge is 0.0650 e. The predicted molar refractivity (Wildman–Crippen MR) is 250 cm³/mol. The third-order valence-electron chi connectivity index (χ3n) is 12.3. The van der Waals surface area contributed by atoms with Crippen molar-refractivity contribution in [3.8, 4) is 11.4 Å². The van der Waals surface area contributed by atoms with Crippen LogP contribution in [0.5, 0.6) is 0 Å². The second kappa shape index (κ2) is 13.4. The van der Waals surface area contributed by atoms with Crippen LogP contribution in [-0.2, 0) is 5.88 Å². The third kappa shape index (κ3) is 5.10. The molecule has 0 radical (unpaired) electrons. The fourth-order valence-corrected chi connectivity index (χ4v) is 13.5. The van der Waals surface area contributed by atoms with Crippen molar-refractivity contribution in [1.29, 1.82) is 0 Å². The zero-order valence-corrected chi connectivity index (χ0v) is 33.1. The van der Waals surface area contributed by atoms with Gasteiger partial charge in [-0.2, -0.15) is 0 Å². The van der Waals surface area contributed by atoms with E-state index in [1.54, 1.807) is 0 Å². The largest absolute Gasteiger partial charge is 0.331 e. The maximum absolute atomic E-state index is 2.60. The van der Waals surface area contributed by atoms with Gasteiger partial charge in [-0.05, 0) is 112 Å². The van der Waals surface area contributed by atoms with Gasteiger partial charge in [0.25, 0.3) is 0 Å². The van der Waals surface area contributed by atoms with Crippen molar-refractivity contribution in [2.75, 3.05) is 0 Å². The minimum absolute atomic E-state index is 0.815. The summed E-state index contributed by atoms with van der Waals surface area (Å²) in [7, 11) is -1.74. The molecule has 0 spiro atoms. The molecule has 0 saturated heterocycles. The van der Waals surface area contributed by atoms with Crippen LogP contribution in [0.2, 0.25) is 0 Å². The summed E-state index contributed by atoms with van der Waals surface area (Å²) in [4.78, 5) is 4.06. The monoisotopic (exact) mass is 773 g/mol. The first-order chi connectivity index (χ1) is 29.3. The zero-order chi connectivity index (χ0) is 38.9. The Labute approximate surface area is 343 Å². The molecule has 0 amide bonds. The Bertz CT molecular complexity index is 3370. The number of para-hydroxylation sites is 4. The molecule has 12 rings (SSSR count). The lowest BCUT2D eigenvalue weighted by molar-refractivity contribution is 0.955. The van der Waals surface area contributed by atoms with E-state index >= 15 is 0 Å². The predicted octanol–water partition coefficient (Wildman–Crippen LogP) is 14.9. The quantitative estimate of drug-likeness (QED) is 0.153. The van der Waals surface area contributed by atoms with Gasteiger partial charge in [-0.15, -0.1) is 10.0 Å². The Morgan fingerprint density at radius 3 is 1.03 bits per heavy atom. The SMILES string of the molecule is c1ccc(S(Cn2c3ccccc3c3cc(-n4c5ccccc5c5cc(-n6c7ccccc7c7ccccc76)ccc54)ccc32)(c2ccccc2)c2ccccc2)cc1. The Morgan fingerprint density at radius 1 is 0.271 bits per heavy atom. The number of fused-ring (bicyclic) bond motifs is 9. The van der Waals surface area contributed by atoms with E-state index in [0.717, 1.165) is 17.3 Å². The average Bonchev–Trinajstić information content (AvgIpc) is 3.94. The molecular weight excluding hydrogens is 735 g/mol. The highest BCUT2D eigenvalue weighted by Crippen LogP contribution is 2.69. The molecule has 0 bridgehead atoms. The molecule has 0 N–H and O–H groups in total. The van der Waals surface area contributed by atoms with Crippen molar-refractivity contribution in [3.05, 3.63) is 224 Å². The van der Waals surface area contributed by atoms with Gasteiger partial charge in [0.1, 0.15) is 0 Å². The van der Waals surface area contributed by atoms with Gasteiger partial charge in [0, 0.05) is 54.7 Å². The number of rotatable bonds is 7. The van der Waals surface area contributed by atoms with E-state index in [4.69, 9.17) is 0 Å². The minimum atomic E-state index is -1.74. The topological polar surface area (TPSA) is 14.8 Å². The molecule has 9 aromatic carbocycles. The third-order valence-corrected chi connectivity index (χ3v) is 16.1. The van der Waals surface area contributed by atoms with Gasteiger partial charge in [-0.25, -0.2) is 0 Å². The highest BCUT2D eigenvalue weighted by Gasteiger charge is 2.33. The molecule has 280 valence electrons. The molecule has 59 heavy (non-hydrogen) atoms. The summed E-state index contributed by atoms with van der Waals surface area (Å²) >= 11 is 0. The summed E-state index contributed by atoms with van der Waals surface area (Å²) in [6.07, 6.45) is 0. The van der Waals surface area contributed by atoms with E-state index in [1.165, 1.54) is 80.1 Å². The van der Waals surface area contributed by atoms with Crippen molar-refractivity contribution in [3.63, 3.8) is 0 Å². The van der Waals surface area contributed by atoms with Crippen molar-refractivity contribution in [2.24, 2.45) is 0 Å². The van der Waals surface area contributed by atoms with E-state index in [-0.39, 0.29) is 0 Å². The summed E-state index contributed by atoms with van der Waals surface area (Å²) < 4.78 is 7.47. The zero-order valence-electron chi connectivity index (χ0n) is 32.3. The van der Waals surface area contributed by atoms with E-state index < -0.39 is 10.0 Å². The Kier molecular flexibility index (Phi) is 7.69. The van der Waals surface area contributed by atoms with E-state index in [9.17, 15) is 0 Å². The Balaban J connectivity index is 1.07. The molecule has 4 heteroatoms. The summed E-state index contributed by atoms with van der Waals surface area (Å²) in [5.74, 6) is 0.815. The van der Waals surface area contributed by atoms with Gasteiger partial charge in [0.05, 0.1) is 27.9 Å². The number of benzene rings is 9. The van der Waals surface area contributed by atoms with E-state index in [1.807, 2.05) is 0 Å². The summed E-state index contributed by atoms with van der Waals surface area (Å²) in [6.45, 7) is 0. The summed E-state index contributed by atoms with van der Waals surface area (Å²) in [6, 6.07) is 83.0. The van der Waals surface area contributed by atoms with Crippen molar-refractivity contribution in [2.45, 2.75) is 20.6 Å². The van der Waals surface area contributed by atoms with Crippen LogP contribution in [0.3, 0.4) is 0 Å². The second-order valence-corrected chi connectivity index (χ2v) is 18.5. The van der Waals surface area contributed by atoms with Crippen LogP contribution in [0, 0.1) is 0 Å². The molecule has 3 heterocycles.